The first-order valence-corrected chi connectivity index (χ1v) is 8.38. The van der Waals surface area contributed by atoms with Gasteiger partial charge in [0.25, 0.3) is 0 Å². The van der Waals surface area contributed by atoms with Gasteiger partial charge in [-0.05, 0) is 37.1 Å². The Kier molecular flexibility index (Phi) is 4.96. The van der Waals surface area contributed by atoms with Crippen molar-refractivity contribution in [2.24, 2.45) is 0 Å². The molecule has 0 bridgehead atoms. The van der Waals surface area contributed by atoms with Crippen LogP contribution in [0.25, 0.3) is 0 Å². The van der Waals surface area contributed by atoms with Crippen molar-refractivity contribution in [2.45, 2.75) is 37.6 Å². The predicted molar refractivity (Wildman–Crippen MR) is 76.4 cm³/mol. The molecule has 0 spiro atoms. The van der Waals surface area contributed by atoms with Gasteiger partial charge in [-0.3, -0.25) is 0 Å². The third-order valence-electron chi connectivity index (χ3n) is 3.46. The van der Waals surface area contributed by atoms with Gasteiger partial charge in [-0.25, -0.2) is 8.42 Å². The van der Waals surface area contributed by atoms with Crippen molar-refractivity contribution in [3.05, 3.63) is 29.8 Å². The minimum atomic E-state index is -3.29. The number of hydrogen-bond acceptors (Lipinski definition) is 3. The molecule has 19 heavy (non-hydrogen) atoms. The van der Waals surface area contributed by atoms with Crippen molar-refractivity contribution < 1.29 is 8.42 Å². The molecular formula is C14H22N2O2S. The largest absolute Gasteiger partial charge is 0.313 e. The van der Waals surface area contributed by atoms with Gasteiger partial charge < -0.3 is 5.32 Å². The molecule has 5 heteroatoms. The Morgan fingerprint density at radius 2 is 1.74 bits per heavy atom. The van der Waals surface area contributed by atoms with Crippen molar-refractivity contribution >= 4 is 10.0 Å². The van der Waals surface area contributed by atoms with E-state index in [9.17, 15) is 8.42 Å². The van der Waals surface area contributed by atoms with Crippen molar-refractivity contribution in [3.8, 4) is 0 Å². The average molecular weight is 282 g/mol. The summed E-state index contributed by atoms with van der Waals surface area (Å²) in [6.07, 6.45) is 3.07. The Hall–Kier alpha value is -0.910. The van der Waals surface area contributed by atoms with E-state index in [0.717, 1.165) is 37.9 Å². The molecule has 0 unspecified atom stereocenters. The zero-order chi connectivity index (χ0) is 13.7. The highest BCUT2D eigenvalue weighted by molar-refractivity contribution is 7.89. The molecular weight excluding hydrogens is 260 g/mol. The van der Waals surface area contributed by atoms with E-state index in [1.54, 1.807) is 16.4 Å². The van der Waals surface area contributed by atoms with Crippen LogP contribution in [-0.4, -0.2) is 32.4 Å². The van der Waals surface area contributed by atoms with E-state index in [4.69, 9.17) is 0 Å². The van der Waals surface area contributed by atoms with Crippen LogP contribution >= 0.6 is 0 Å². The van der Waals surface area contributed by atoms with Crippen LogP contribution in [0.5, 0.6) is 0 Å². The molecule has 1 N–H and O–H groups in total. The first-order valence-electron chi connectivity index (χ1n) is 6.94. The van der Waals surface area contributed by atoms with E-state index < -0.39 is 10.0 Å². The van der Waals surface area contributed by atoms with Crippen LogP contribution in [0.1, 0.15) is 31.7 Å². The Balaban J connectivity index is 2.11. The number of sulfonamides is 1. The SMILES string of the molecule is CCNCc1ccc(S(=O)(=O)N2CCCCC2)cc1. The topological polar surface area (TPSA) is 49.4 Å². The summed E-state index contributed by atoms with van der Waals surface area (Å²) in [5.41, 5.74) is 1.11. The van der Waals surface area contributed by atoms with Crippen LogP contribution in [0.4, 0.5) is 0 Å². The molecule has 1 aromatic rings. The quantitative estimate of drug-likeness (QED) is 0.898. The molecule has 1 aliphatic heterocycles. The summed E-state index contributed by atoms with van der Waals surface area (Å²) in [5, 5.41) is 3.23. The zero-order valence-electron chi connectivity index (χ0n) is 11.4. The van der Waals surface area contributed by atoms with Gasteiger partial charge in [0, 0.05) is 19.6 Å². The minimum absolute atomic E-state index is 0.412. The van der Waals surface area contributed by atoms with Gasteiger partial charge >= 0.3 is 0 Å². The second kappa shape index (κ2) is 6.50. The van der Waals surface area contributed by atoms with E-state index in [1.165, 1.54) is 0 Å². The molecule has 0 radical (unpaired) electrons. The predicted octanol–water partition coefficient (Wildman–Crippen LogP) is 1.97. The molecule has 0 amide bonds. The lowest BCUT2D eigenvalue weighted by Crippen LogP contribution is -2.35. The molecule has 1 aliphatic rings. The monoisotopic (exact) mass is 282 g/mol. The molecule has 4 nitrogen and oxygen atoms in total. The lowest BCUT2D eigenvalue weighted by molar-refractivity contribution is 0.346. The van der Waals surface area contributed by atoms with E-state index in [-0.39, 0.29) is 0 Å². The molecule has 0 saturated carbocycles. The summed E-state index contributed by atoms with van der Waals surface area (Å²) in [6.45, 7) is 5.05. The minimum Gasteiger partial charge on any atom is -0.313 e. The van der Waals surface area contributed by atoms with Gasteiger partial charge in [-0.15, -0.1) is 0 Å². The lowest BCUT2D eigenvalue weighted by Gasteiger charge is -2.25. The van der Waals surface area contributed by atoms with Crippen molar-refractivity contribution in [1.82, 2.24) is 9.62 Å². The number of nitrogens with one attached hydrogen (secondary N) is 1. The Bertz CT molecular complexity index is 491. The van der Waals surface area contributed by atoms with Gasteiger partial charge in [-0.1, -0.05) is 25.5 Å². The van der Waals surface area contributed by atoms with E-state index in [0.29, 0.717) is 18.0 Å². The van der Waals surface area contributed by atoms with Crippen molar-refractivity contribution in [2.75, 3.05) is 19.6 Å². The Labute approximate surface area is 115 Å². The molecule has 1 heterocycles. The van der Waals surface area contributed by atoms with E-state index >= 15 is 0 Å². The summed E-state index contributed by atoms with van der Waals surface area (Å²) in [5.74, 6) is 0. The van der Waals surface area contributed by atoms with Crippen LogP contribution in [0.2, 0.25) is 0 Å². The molecule has 1 fully saturated rings. The van der Waals surface area contributed by atoms with Crippen LogP contribution in [0.3, 0.4) is 0 Å². The van der Waals surface area contributed by atoms with Gasteiger partial charge in [0.15, 0.2) is 0 Å². The van der Waals surface area contributed by atoms with Gasteiger partial charge in [0.2, 0.25) is 10.0 Å². The third-order valence-corrected chi connectivity index (χ3v) is 5.37. The highest BCUT2D eigenvalue weighted by Crippen LogP contribution is 2.20. The fourth-order valence-electron chi connectivity index (χ4n) is 2.30. The highest BCUT2D eigenvalue weighted by Gasteiger charge is 2.25. The molecule has 2 rings (SSSR count). The second-order valence-corrected chi connectivity index (χ2v) is 6.83. The summed E-state index contributed by atoms with van der Waals surface area (Å²) in [4.78, 5) is 0.412. The summed E-state index contributed by atoms with van der Waals surface area (Å²) in [6, 6.07) is 7.21. The molecule has 0 aliphatic carbocycles. The van der Waals surface area contributed by atoms with Crippen LogP contribution in [0.15, 0.2) is 29.2 Å². The standard InChI is InChI=1S/C14H22N2O2S/c1-2-15-12-13-6-8-14(9-7-13)19(17,18)16-10-4-3-5-11-16/h6-9,15H,2-5,10-12H2,1H3. The maximum atomic E-state index is 12.4. The maximum absolute atomic E-state index is 12.4. The number of benzene rings is 1. The van der Waals surface area contributed by atoms with Crippen molar-refractivity contribution in [3.63, 3.8) is 0 Å². The molecule has 1 saturated heterocycles. The number of hydrogen-bond donors (Lipinski definition) is 1. The molecule has 106 valence electrons. The normalized spacial score (nSPS) is 17.5. The highest BCUT2D eigenvalue weighted by atomic mass is 32.2. The van der Waals surface area contributed by atoms with Gasteiger partial charge in [0.05, 0.1) is 4.90 Å². The van der Waals surface area contributed by atoms with E-state index in [2.05, 4.69) is 12.2 Å². The summed E-state index contributed by atoms with van der Waals surface area (Å²) < 4.78 is 26.5. The van der Waals surface area contributed by atoms with Gasteiger partial charge in [-0.2, -0.15) is 4.31 Å². The van der Waals surface area contributed by atoms with Crippen LogP contribution in [-0.2, 0) is 16.6 Å². The number of rotatable bonds is 5. The molecule has 1 aromatic carbocycles. The van der Waals surface area contributed by atoms with Crippen molar-refractivity contribution in [1.29, 1.82) is 0 Å². The van der Waals surface area contributed by atoms with Gasteiger partial charge in [0.1, 0.15) is 0 Å². The molecule has 0 atom stereocenters. The molecule has 0 aromatic heterocycles. The summed E-state index contributed by atoms with van der Waals surface area (Å²) in [7, 11) is -3.29. The van der Waals surface area contributed by atoms with E-state index in [1.807, 2.05) is 12.1 Å². The Morgan fingerprint density at radius 1 is 1.11 bits per heavy atom. The fourth-order valence-corrected chi connectivity index (χ4v) is 3.82. The number of piperidine rings is 1. The second-order valence-electron chi connectivity index (χ2n) is 4.89. The zero-order valence-corrected chi connectivity index (χ0v) is 12.2. The first kappa shape index (κ1) is 14.5. The smallest absolute Gasteiger partial charge is 0.243 e. The lowest BCUT2D eigenvalue weighted by atomic mass is 10.2. The maximum Gasteiger partial charge on any atom is 0.243 e. The van der Waals surface area contributed by atoms with Crippen LogP contribution in [0, 0.1) is 0 Å². The number of nitrogens with zero attached hydrogens (tertiary/aromatic N) is 1. The summed E-state index contributed by atoms with van der Waals surface area (Å²) >= 11 is 0. The average Bonchev–Trinajstić information content (AvgIpc) is 2.46. The fraction of sp³-hybridized carbons (Fsp3) is 0.571. The first-order chi connectivity index (χ1) is 9.14. The third kappa shape index (κ3) is 3.55. The Morgan fingerprint density at radius 3 is 2.32 bits per heavy atom. The van der Waals surface area contributed by atoms with Crippen LogP contribution < -0.4 is 5.32 Å².